The first kappa shape index (κ1) is 23.0. The van der Waals surface area contributed by atoms with Crippen LogP contribution in [0.3, 0.4) is 0 Å². The van der Waals surface area contributed by atoms with E-state index in [0.717, 1.165) is 13.0 Å². The van der Waals surface area contributed by atoms with Gasteiger partial charge in [-0.05, 0) is 25.0 Å². The van der Waals surface area contributed by atoms with Crippen molar-refractivity contribution in [2.75, 3.05) is 51.8 Å². The molecule has 11 heteroatoms. The molecule has 2 N–H and O–H groups in total. The van der Waals surface area contributed by atoms with Gasteiger partial charge in [0.2, 0.25) is 5.01 Å². The molecule has 1 atom stereocenters. The summed E-state index contributed by atoms with van der Waals surface area (Å²) >= 11 is 0.600. The Morgan fingerprint density at radius 3 is 2.84 bits per heavy atom. The van der Waals surface area contributed by atoms with Crippen molar-refractivity contribution in [2.24, 2.45) is 4.99 Å². The van der Waals surface area contributed by atoms with Crippen molar-refractivity contribution in [3.63, 3.8) is 0 Å². The van der Waals surface area contributed by atoms with Gasteiger partial charge in [-0.2, -0.15) is 13.2 Å². The molecule has 0 bridgehead atoms. The number of para-hydroxylation sites is 2. The number of benzene rings is 1. The number of halogens is 3. The highest BCUT2D eigenvalue weighted by Gasteiger charge is 2.39. The minimum Gasteiger partial charge on any atom is -0.396 e. The maximum Gasteiger partial charge on any atom is 0.443 e. The van der Waals surface area contributed by atoms with Crippen LogP contribution in [0.1, 0.15) is 23.5 Å². The standard InChI is InChI=1S/C21H26F3N5O2S/c1-31-12-7-14-13-29(10-9-28(14)8-4-11-30)18-17-19(32-20(27-17)21(22,23)24)26-16-6-3-2-5-15(16)25-18/h2-3,5-6,14,26,30H,4,7-13H2,1H3. The number of rotatable bonds is 6. The lowest BCUT2D eigenvalue weighted by Crippen LogP contribution is -2.55. The van der Waals surface area contributed by atoms with Gasteiger partial charge in [0.25, 0.3) is 0 Å². The number of nitrogens with zero attached hydrogens (tertiary/aromatic N) is 4. The predicted octanol–water partition coefficient (Wildman–Crippen LogP) is 3.70. The third kappa shape index (κ3) is 4.90. The highest BCUT2D eigenvalue weighted by molar-refractivity contribution is 7.16. The van der Waals surface area contributed by atoms with E-state index >= 15 is 0 Å². The molecule has 0 aliphatic carbocycles. The lowest BCUT2D eigenvalue weighted by molar-refractivity contribution is -0.137. The van der Waals surface area contributed by atoms with Crippen molar-refractivity contribution < 1.29 is 23.0 Å². The smallest absolute Gasteiger partial charge is 0.396 e. The number of ether oxygens (including phenoxy) is 1. The molecule has 0 saturated carbocycles. The molecule has 32 heavy (non-hydrogen) atoms. The number of hydrogen-bond acceptors (Lipinski definition) is 8. The van der Waals surface area contributed by atoms with Crippen LogP contribution in [-0.4, -0.2) is 78.3 Å². The zero-order valence-electron chi connectivity index (χ0n) is 17.7. The summed E-state index contributed by atoms with van der Waals surface area (Å²) in [6.07, 6.45) is -3.07. The Morgan fingerprint density at radius 1 is 1.28 bits per heavy atom. The van der Waals surface area contributed by atoms with E-state index < -0.39 is 11.2 Å². The van der Waals surface area contributed by atoms with E-state index in [9.17, 15) is 18.3 Å². The molecule has 0 spiro atoms. The summed E-state index contributed by atoms with van der Waals surface area (Å²) in [6.45, 7) is 3.37. The molecule has 4 rings (SSSR count). The molecular weight excluding hydrogens is 443 g/mol. The van der Waals surface area contributed by atoms with Crippen molar-refractivity contribution in [1.82, 2.24) is 14.8 Å². The molecule has 1 saturated heterocycles. The number of anilines is 2. The Bertz CT molecular complexity index is 965. The molecular formula is C21H26F3N5O2S. The Labute approximate surface area is 188 Å². The number of amidine groups is 1. The van der Waals surface area contributed by atoms with E-state index in [4.69, 9.17) is 9.73 Å². The van der Waals surface area contributed by atoms with Gasteiger partial charge in [0, 0.05) is 52.5 Å². The second-order valence-electron chi connectivity index (χ2n) is 7.77. The monoisotopic (exact) mass is 469 g/mol. The summed E-state index contributed by atoms with van der Waals surface area (Å²) in [5, 5.41) is 11.8. The summed E-state index contributed by atoms with van der Waals surface area (Å²) in [7, 11) is 1.65. The van der Waals surface area contributed by atoms with Crippen LogP contribution >= 0.6 is 11.3 Å². The van der Waals surface area contributed by atoms with Gasteiger partial charge in [0.05, 0.1) is 11.4 Å². The summed E-state index contributed by atoms with van der Waals surface area (Å²) in [5.41, 5.74) is 1.55. The number of fused-ring (bicyclic) bond motifs is 2. The summed E-state index contributed by atoms with van der Waals surface area (Å²) < 4.78 is 45.6. The van der Waals surface area contributed by atoms with Crippen LogP contribution in [0.2, 0.25) is 0 Å². The predicted molar refractivity (Wildman–Crippen MR) is 118 cm³/mol. The maximum absolute atomic E-state index is 13.4. The van der Waals surface area contributed by atoms with Gasteiger partial charge in [-0.25, -0.2) is 9.98 Å². The van der Waals surface area contributed by atoms with Crippen LogP contribution in [-0.2, 0) is 10.9 Å². The quantitative estimate of drug-likeness (QED) is 0.672. The topological polar surface area (TPSA) is 73.2 Å². The number of aliphatic hydroxyl groups excluding tert-OH is 1. The second-order valence-corrected chi connectivity index (χ2v) is 8.77. The molecule has 174 valence electrons. The van der Waals surface area contributed by atoms with Crippen molar-refractivity contribution in [2.45, 2.75) is 25.1 Å². The molecule has 1 aromatic carbocycles. The van der Waals surface area contributed by atoms with Crippen LogP contribution < -0.4 is 5.32 Å². The molecule has 3 heterocycles. The van der Waals surface area contributed by atoms with Gasteiger partial charge in [-0.1, -0.05) is 23.5 Å². The Morgan fingerprint density at radius 2 is 2.09 bits per heavy atom. The molecule has 2 aliphatic heterocycles. The number of piperazine rings is 1. The first-order valence-corrected chi connectivity index (χ1v) is 11.3. The number of aromatic nitrogens is 1. The SMILES string of the molecule is COCCC1CN(C2=Nc3ccccc3Nc3sc(C(F)(F)F)nc32)CCN1CCCO. The largest absolute Gasteiger partial charge is 0.443 e. The molecule has 1 unspecified atom stereocenters. The molecule has 2 aromatic rings. The first-order valence-electron chi connectivity index (χ1n) is 10.5. The van der Waals surface area contributed by atoms with Crippen LogP contribution in [0, 0.1) is 0 Å². The van der Waals surface area contributed by atoms with Gasteiger partial charge in [0.1, 0.15) is 10.7 Å². The van der Waals surface area contributed by atoms with E-state index in [1.165, 1.54) is 0 Å². The van der Waals surface area contributed by atoms with Gasteiger partial charge in [-0.15, -0.1) is 0 Å². The zero-order valence-corrected chi connectivity index (χ0v) is 18.5. The second kappa shape index (κ2) is 9.74. The summed E-state index contributed by atoms with van der Waals surface area (Å²) in [6, 6.07) is 7.44. The van der Waals surface area contributed by atoms with E-state index in [-0.39, 0.29) is 18.3 Å². The number of aliphatic imine (C=N–C) groups is 1. The van der Waals surface area contributed by atoms with Gasteiger partial charge >= 0.3 is 6.18 Å². The molecule has 7 nitrogen and oxygen atoms in total. The van der Waals surface area contributed by atoms with Gasteiger partial charge in [0.15, 0.2) is 5.84 Å². The Balaban J connectivity index is 1.69. The summed E-state index contributed by atoms with van der Waals surface area (Å²) in [5.74, 6) is 0.452. The fourth-order valence-electron chi connectivity index (χ4n) is 4.05. The van der Waals surface area contributed by atoms with Gasteiger partial charge in [-0.3, -0.25) is 4.90 Å². The van der Waals surface area contributed by atoms with Gasteiger partial charge < -0.3 is 20.1 Å². The number of thiazole rings is 1. The van der Waals surface area contributed by atoms with Crippen LogP contribution in [0.4, 0.5) is 29.5 Å². The molecule has 1 aromatic heterocycles. The van der Waals surface area contributed by atoms with E-state index in [1.54, 1.807) is 13.2 Å². The molecule has 1 fully saturated rings. The van der Waals surface area contributed by atoms with Crippen LogP contribution in [0.5, 0.6) is 0 Å². The Kier molecular flexibility index (Phi) is 6.99. The molecule has 0 amide bonds. The van der Waals surface area contributed by atoms with Crippen molar-refractivity contribution in [3.05, 3.63) is 35.0 Å². The number of methoxy groups -OCH3 is 1. The van der Waals surface area contributed by atoms with Crippen LogP contribution in [0.25, 0.3) is 0 Å². The third-order valence-electron chi connectivity index (χ3n) is 5.62. The normalized spacial score (nSPS) is 19.1. The minimum absolute atomic E-state index is 0.120. The molecule has 0 radical (unpaired) electrons. The fraction of sp³-hybridized carbons (Fsp3) is 0.524. The maximum atomic E-state index is 13.4. The zero-order chi connectivity index (χ0) is 22.7. The number of hydrogen-bond donors (Lipinski definition) is 2. The van der Waals surface area contributed by atoms with E-state index in [1.807, 2.05) is 23.1 Å². The lowest BCUT2D eigenvalue weighted by Gasteiger charge is -2.42. The average Bonchev–Trinajstić information content (AvgIpc) is 3.13. The fourth-order valence-corrected chi connectivity index (χ4v) is 4.89. The third-order valence-corrected chi connectivity index (χ3v) is 6.64. The molecule has 2 aliphatic rings. The summed E-state index contributed by atoms with van der Waals surface area (Å²) in [4.78, 5) is 13.1. The van der Waals surface area contributed by atoms with Crippen molar-refractivity contribution in [1.29, 1.82) is 0 Å². The Hall–Kier alpha value is -2.21. The van der Waals surface area contributed by atoms with E-state index in [0.29, 0.717) is 66.2 Å². The highest BCUT2D eigenvalue weighted by Crippen LogP contribution is 2.42. The minimum atomic E-state index is -4.52. The van der Waals surface area contributed by atoms with Crippen LogP contribution in [0.15, 0.2) is 29.3 Å². The number of nitrogens with one attached hydrogen (secondary N) is 1. The number of alkyl halides is 3. The first-order chi connectivity index (χ1) is 15.4. The van der Waals surface area contributed by atoms with E-state index in [2.05, 4.69) is 15.2 Å². The highest BCUT2D eigenvalue weighted by atomic mass is 32.1. The van der Waals surface area contributed by atoms with Crippen molar-refractivity contribution >= 4 is 33.5 Å². The number of aliphatic hydroxyl groups is 1. The lowest BCUT2D eigenvalue weighted by atomic mass is 10.1. The average molecular weight is 470 g/mol. The van der Waals surface area contributed by atoms with Crippen molar-refractivity contribution in [3.8, 4) is 0 Å².